The highest BCUT2D eigenvalue weighted by Crippen LogP contribution is 2.33. The van der Waals surface area contributed by atoms with Crippen molar-refractivity contribution in [1.29, 1.82) is 0 Å². The fourth-order valence-electron chi connectivity index (χ4n) is 3.90. The molecule has 0 aliphatic carbocycles. The zero-order valence-electron chi connectivity index (χ0n) is 19.1. The molecule has 0 saturated carbocycles. The van der Waals surface area contributed by atoms with Crippen LogP contribution in [0.4, 0.5) is 0 Å². The molecule has 28 heavy (non-hydrogen) atoms. The highest BCUT2D eigenvalue weighted by atomic mass is 16.5. The Labute approximate surface area is 172 Å². The predicted octanol–water partition coefficient (Wildman–Crippen LogP) is 5.71. The molecule has 0 spiro atoms. The summed E-state index contributed by atoms with van der Waals surface area (Å²) in [4.78, 5) is 2.54. The van der Waals surface area contributed by atoms with Crippen LogP contribution in [0.1, 0.15) is 79.7 Å². The third-order valence-corrected chi connectivity index (χ3v) is 6.09. The van der Waals surface area contributed by atoms with Crippen LogP contribution in [-0.4, -0.2) is 40.8 Å². The molecule has 0 aromatic heterocycles. The van der Waals surface area contributed by atoms with E-state index in [2.05, 4.69) is 83.7 Å². The summed E-state index contributed by atoms with van der Waals surface area (Å²) in [6.45, 7) is 17.4. The van der Waals surface area contributed by atoms with Gasteiger partial charge >= 0.3 is 0 Å². The maximum Gasteiger partial charge on any atom is 0.120 e. The van der Waals surface area contributed by atoms with Crippen molar-refractivity contribution in [2.24, 2.45) is 0 Å². The number of ether oxygens (including phenoxy) is 1. The number of hydrogen-bond donors (Lipinski definition) is 1. The third-order valence-electron chi connectivity index (χ3n) is 6.09. The van der Waals surface area contributed by atoms with Crippen LogP contribution in [0.3, 0.4) is 0 Å². The Kier molecular flexibility index (Phi) is 7.75. The number of rotatable bonds is 8. The van der Waals surface area contributed by atoms with E-state index in [1.807, 2.05) is 0 Å². The predicted molar refractivity (Wildman–Crippen MR) is 119 cm³/mol. The first-order chi connectivity index (χ1) is 13.0. The van der Waals surface area contributed by atoms with Crippen molar-refractivity contribution in [1.82, 2.24) is 4.90 Å². The van der Waals surface area contributed by atoms with Crippen molar-refractivity contribution in [3.8, 4) is 5.75 Å². The summed E-state index contributed by atoms with van der Waals surface area (Å²) in [6, 6.07) is 9.08. The van der Waals surface area contributed by atoms with E-state index in [0.29, 0.717) is 6.04 Å². The van der Waals surface area contributed by atoms with Crippen molar-refractivity contribution in [2.75, 3.05) is 13.1 Å². The van der Waals surface area contributed by atoms with E-state index in [4.69, 9.17) is 4.74 Å². The van der Waals surface area contributed by atoms with Crippen LogP contribution in [0.5, 0.6) is 5.75 Å². The van der Waals surface area contributed by atoms with E-state index < -0.39 is 0 Å². The first-order valence-corrected chi connectivity index (χ1v) is 10.9. The summed E-state index contributed by atoms with van der Waals surface area (Å²) in [5.41, 5.74) is 2.63. The number of piperidine rings is 1. The maximum atomic E-state index is 9.87. The molecule has 3 heteroatoms. The van der Waals surface area contributed by atoms with Gasteiger partial charge in [-0.2, -0.15) is 0 Å². The molecule has 1 aliphatic heterocycles. The van der Waals surface area contributed by atoms with Gasteiger partial charge in [-0.3, -0.25) is 4.90 Å². The quantitative estimate of drug-likeness (QED) is 0.580. The van der Waals surface area contributed by atoms with E-state index in [9.17, 15) is 5.11 Å². The summed E-state index contributed by atoms with van der Waals surface area (Å²) >= 11 is 0. The van der Waals surface area contributed by atoms with E-state index in [-0.39, 0.29) is 17.1 Å². The zero-order valence-corrected chi connectivity index (χ0v) is 19.1. The molecule has 1 atom stereocenters. The highest BCUT2D eigenvalue weighted by Gasteiger charge is 2.30. The third kappa shape index (κ3) is 6.63. The Hall–Kier alpha value is -1.32. The average molecular weight is 388 g/mol. The minimum atomic E-state index is -0.135. The Balaban J connectivity index is 2.13. The number of benzene rings is 1. The standard InChI is InChI=1S/C25H41NO2/c1-8-25(6,7)28-23-11-9-20(10-12-23)24(4,5)18-21(17-19(2)3)26-15-13-22(27)14-16-26/h9-12,17,21-22,27H,8,13-16,18H2,1-7H3. The van der Waals surface area contributed by atoms with Crippen LogP contribution >= 0.6 is 0 Å². The van der Waals surface area contributed by atoms with Gasteiger partial charge < -0.3 is 9.84 Å². The Morgan fingerprint density at radius 1 is 1.14 bits per heavy atom. The van der Waals surface area contributed by atoms with Crippen molar-refractivity contribution in [3.05, 3.63) is 41.5 Å². The lowest BCUT2D eigenvalue weighted by atomic mass is 9.78. The van der Waals surface area contributed by atoms with Crippen LogP contribution in [0.2, 0.25) is 0 Å². The van der Waals surface area contributed by atoms with E-state index in [0.717, 1.165) is 44.5 Å². The van der Waals surface area contributed by atoms with E-state index in [1.54, 1.807) is 0 Å². The molecule has 1 heterocycles. The Morgan fingerprint density at radius 2 is 1.71 bits per heavy atom. The normalized spacial score (nSPS) is 18.0. The second-order valence-electron chi connectivity index (χ2n) is 9.91. The molecule has 1 unspecified atom stereocenters. The lowest BCUT2D eigenvalue weighted by molar-refractivity contribution is 0.0645. The van der Waals surface area contributed by atoms with Gasteiger partial charge in [0.2, 0.25) is 0 Å². The Bertz CT molecular complexity index is 633. The van der Waals surface area contributed by atoms with Gasteiger partial charge in [0.1, 0.15) is 11.4 Å². The number of allylic oxidation sites excluding steroid dienone is 1. The summed E-state index contributed by atoms with van der Waals surface area (Å²) in [5.74, 6) is 0.942. The number of nitrogens with zero attached hydrogens (tertiary/aromatic N) is 1. The minimum absolute atomic E-state index is 0.0610. The first kappa shape index (κ1) is 23.0. The molecular formula is C25H41NO2. The summed E-state index contributed by atoms with van der Waals surface area (Å²) < 4.78 is 6.12. The molecule has 1 fully saturated rings. The van der Waals surface area contributed by atoms with E-state index in [1.165, 1.54) is 11.1 Å². The van der Waals surface area contributed by atoms with Crippen LogP contribution in [-0.2, 0) is 5.41 Å². The van der Waals surface area contributed by atoms with Gasteiger partial charge in [-0.25, -0.2) is 0 Å². The molecule has 0 amide bonds. The number of aliphatic hydroxyl groups is 1. The molecule has 1 aliphatic rings. The summed E-state index contributed by atoms with van der Waals surface area (Å²) in [7, 11) is 0. The molecular weight excluding hydrogens is 346 g/mol. The van der Waals surface area contributed by atoms with Crippen molar-refractivity contribution in [3.63, 3.8) is 0 Å². The molecule has 158 valence electrons. The number of likely N-dealkylation sites (tertiary alicyclic amines) is 1. The second-order valence-corrected chi connectivity index (χ2v) is 9.91. The topological polar surface area (TPSA) is 32.7 Å². The second kappa shape index (κ2) is 9.45. The molecule has 1 aromatic carbocycles. The fourth-order valence-corrected chi connectivity index (χ4v) is 3.90. The Morgan fingerprint density at radius 3 is 2.21 bits per heavy atom. The largest absolute Gasteiger partial charge is 0.488 e. The minimum Gasteiger partial charge on any atom is -0.488 e. The van der Waals surface area contributed by atoms with Crippen LogP contribution < -0.4 is 4.74 Å². The van der Waals surface area contributed by atoms with Gasteiger partial charge in [0.05, 0.1) is 6.10 Å². The molecule has 1 N–H and O–H groups in total. The van der Waals surface area contributed by atoms with Crippen molar-refractivity contribution >= 4 is 0 Å². The number of hydrogen-bond acceptors (Lipinski definition) is 3. The monoisotopic (exact) mass is 387 g/mol. The molecule has 2 rings (SSSR count). The lowest BCUT2D eigenvalue weighted by Crippen LogP contribution is -2.44. The van der Waals surface area contributed by atoms with Gasteiger partial charge in [0, 0.05) is 19.1 Å². The van der Waals surface area contributed by atoms with Gasteiger partial charge in [-0.05, 0) is 76.5 Å². The van der Waals surface area contributed by atoms with Crippen LogP contribution in [0, 0.1) is 0 Å². The molecule has 3 nitrogen and oxygen atoms in total. The molecule has 0 bridgehead atoms. The average Bonchev–Trinajstić information content (AvgIpc) is 2.61. The van der Waals surface area contributed by atoms with Gasteiger partial charge in [-0.15, -0.1) is 0 Å². The lowest BCUT2D eigenvalue weighted by Gasteiger charge is -2.39. The molecule has 0 radical (unpaired) electrons. The van der Waals surface area contributed by atoms with Gasteiger partial charge in [0.25, 0.3) is 0 Å². The highest BCUT2D eigenvalue weighted by molar-refractivity contribution is 5.32. The fraction of sp³-hybridized carbons (Fsp3) is 0.680. The molecule has 1 saturated heterocycles. The summed E-state index contributed by atoms with van der Waals surface area (Å²) in [6.07, 6.45) is 6.08. The first-order valence-electron chi connectivity index (χ1n) is 10.9. The van der Waals surface area contributed by atoms with E-state index >= 15 is 0 Å². The molecule has 1 aromatic rings. The smallest absolute Gasteiger partial charge is 0.120 e. The maximum absolute atomic E-state index is 9.87. The van der Waals surface area contributed by atoms with Gasteiger partial charge in [-0.1, -0.05) is 44.6 Å². The van der Waals surface area contributed by atoms with Crippen LogP contribution in [0.15, 0.2) is 35.9 Å². The zero-order chi connectivity index (χ0) is 20.9. The van der Waals surface area contributed by atoms with Gasteiger partial charge in [0.15, 0.2) is 0 Å². The van der Waals surface area contributed by atoms with Crippen molar-refractivity contribution < 1.29 is 9.84 Å². The number of aliphatic hydroxyl groups excluding tert-OH is 1. The van der Waals surface area contributed by atoms with Crippen LogP contribution in [0.25, 0.3) is 0 Å². The van der Waals surface area contributed by atoms with Crippen molar-refractivity contribution in [2.45, 2.75) is 97.3 Å². The SMILES string of the molecule is CCC(C)(C)Oc1ccc(C(C)(C)CC(C=C(C)C)N2CCC(O)CC2)cc1. The summed E-state index contributed by atoms with van der Waals surface area (Å²) in [5, 5.41) is 9.87.